The maximum Gasteiger partial charge on any atom is 0.333 e. The lowest BCUT2D eigenvalue weighted by Gasteiger charge is -2.10. The van der Waals surface area contributed by atoms with Gasteiger partial charge in [0.2, 0.25) is 0 Å². The molecule has 0 aliphatic heterocycles. The van der Waals surface area contributed by atoms with Crippen molar-refractivity contribution < 1.29 is 23.8 Å². The third-order valence-corrected chi connectivity index (χ3v) is 2.06. The lowest BCUT2D eigenvalue weighted by Crippen LogP contribution is -2.20. The summed E-state index contributed by atoms with van der Waals surface area (Å²) >= 11 is 0. The normalized spacial score (nSPS) is 10.3. The quantitative estimate of drug-likeness (QED) is 0.330. The zero-order valence-corrected chi connectivity index (χ0v) is 11.9. The number of hydrogen-bond donors (Lipinski definition) is 0. The van der Waals surface area contributed by atoms with Crippen molar-refractivity contribution in [1.82, 2.24) is 4.90 Å². The van der Waals surface area contributed by atoms with Crippen LogP contribution in [0.4, 0.5) is 0 Å². The number of ether oxygens (including phenoxy) is 3. The molecule has 6 nitrogen and oxygen atoms in total. The van der Waals surface area contributed by atoms with Gasteiger partial charge in [-0.15, -0.1) is 0 Å². The van der Waals surface area contributed by atoms with Gasteiger partial charge in [-0.1, -0.05) is 6.58 Å². The first-order valence-electron chi connectivity index (χ1n) is 6.14. The van der Waals surface area contributed by atoms with Crippen LogP contribution in [0.3, 0.4) is 0 Å². The van der Waals surface area contributed by atoms with Gasteiger partial charge in [0, 0.05) is 12.1 Å². The second-order valence-electron chi connectivity index (χ2n) is 4.30. The molecule has 0 aromatic rings. The molecule has 0 saturated heterocycles. The number of rotatable bonds is 10. The first-order chi connectivity index (χ1) is 8.93. The minimum atomic E-state index is -0.438. The standard InChI is InChI=1S/C13H23NO5/c1-11(2)13(16)19-10-9-17-7-5-12(15)18-8-6-14(3)4/h1,5-10H2,2-4H3. The van der Waals surface area contributed by atoms with Crippen molar-refractivity contribution in [2.24, 2.45) is 0 Å². The van der Waals surface area contributed by atoms with Gasteiger partial charge in [0.25, 0.3) is 0 Å². The molecule has 0 fully saturated rings. The molecular formula is C13H23NO5. The monoisotopic (exact) mass is 273 g/mol. The van der Waals surface area contributed by atoms with Crippen molar-refractivity contribution in [2.75, 3.05) is 47.1 Å². The Labute approximate surface area is 114 Å². The van der Waals surface area contributed by atoms with E-state index >= 15 is 0 Å². The molecule has 0 unspecified atom stereocenters. The number of esters is 2. The van der Waals surface area contributed by atoms with E-state index in [0.717, 1.165) is 0 Å². The molecule has 0 aliphatic carbocycles. The molecule has 0 aliphatic rings. The van der Waals surface area contributed by atoms with E-state index in [1.165, 1.54) is 0 Å². The van der Waals surface area contributed by atoms with Crippen molar-refractivity contribution in [1.29, 1.82) is 0 Å². The average Bonchev–Trinajstić information content (AvgIpc) is 2.32. The number of hydrogen-bond acceptors (Lipinski definition) is 6. The fourth-order valence-corrected chi connectivity index (χ4v) is 0.988. The molecule has 19 heavy (non-hydrogen) atoms. The van der Waals surface area contributed by atoms with E-state index in [4.69, 9.17) is 14.2 Å². The van der Waals surface area contributed by atoms with E-state index in [9.17, 15) is 9.59 Å². The van der Waals surface area contributed by atoms with Crippen molar-refractivity contribution in [3.8, 4) is 0 Å². The predicted octanol–water partition coefficient (Wildman–Crippen LogP) is 0.617. The Kier molecular flexibility index (Phi) is 9.74. The van der Waals surface area contributed by atoms with E-state index < -0.39 is 5.97 Å². The second-order valence-corrected chi connectivity index (χ2v) is 4.30. The van der Waals surface area contributed by atoms with E-state index in [-0.39, 0.29) is 32.2 Å². The highest BCUT2D eigenvalue weighted by Gasteiger charge is 2.04. The number of carbonyl (C=O) groups excluding carboxylic acids is 2. The van der Waals surface area contributed by atoms with Crippen molar-refractivity contribution in [2.45, 2.75) is 13.3 Å². The Morgan fingerprint density at radius 2 is 1.74 bits per heavy atom. The van der Waals surface area contributed by atoms with Crippen LogP contribution >= 0.6 is 0 Å². The van der Waals surface area contributed by atoms with Crippen LogP contribution in [0.2, 0.25) is 0 Å². The minimum absolute atomic E-state index is 0.154. The van der Waals surface area contributed by atoms with Crippen molar-refractivity contribution in [3.05, 3.63) is 12.2 Å². The maximum atomic E-state index is 11.2. The number of carbonyl (C=O) groups is 2. The maximum absolute atomic E-state index is 11.2. The van der Waals surface area contributed by atoms with Gasteiger partial charge in [-0.3, -0.25) is 4.79 Å². The van der Waals surface area contributed by atoms with Crippen LogP contribution in [0.25, 0.3) is 0 Å². The van der Waals surface area contributed by atoms with Crippen LogP contribution in [0.1, 0.15) is 13.3 Å². The molecule has 0 amide bonds. The SMILES string of the molecule is C=C(C)C(=O)OCCOCCC(=O)OCCN(C)C. The highest BCUT2D eigenvalue weighted by molar-refractivity contribution is 5.86. The third kappa shape index (κ3) is 11.4. The predicted molar refractivity (Wildman–Crippen MR) is 70.7 cm³/mol. The molecule has 0 saturated carbocycles. The fraction of sp³-hybridized carbons (Fsp3) is 0.692. The molecule has 0 heterocycles. The molecule has 0 bridgehead atoms. The Morgan fingerprint density at radius 3 is 2.32 bits per heavy atom. The largest absolute Gasteiger partial charge is 0.464 e. The van der Waals surface area contributed by atoms with Gasteiger partial charge in [0.15, 0.2) is 0 Å². The van der Waals surface area contributed by atoms with E-state index in [2.05, 4.69) is 6.58 Å². The van der Waals surface area contributed by atoms with Gasteiger partial charge in [-0.05, 0) is 21.0 Å². The molecule has 6 heteroatoms. The zero-order chi connectivity index (χ0) is 14.7. The summed E-state index contributed by atoms with van der Waals surface area (Å²) < 4.78 is 14.9. The summed E-state index contributed by atoms with van der Waals surface area (Å²) in [6.45, 7) is 6.77. The topological polar surface area (TPSA) is 65.1 Å². The van der Waals surface area contributed by atoms with E-state index in [1.54, 1.807) is 6.92 Å². The Hall–Kier alpha value is -1.40. The van der Waals surface area contributed by atoms with Gasteiger partial charge in [0.1, 0.15) is 13.2 Å². The minimum Gasteiger partial charge on any atom is -0.464 e. The highest BCUT2D eigenvalue weighted by atomic mass is 16.6. The van der Waals surface area contributed by atoms with E-state index in [0.29, 0.717) is 18.7 Å². The summed E-state index contributed by atoms with van der Waals surface area (Å²) in [5, 5.41) is 0. The summed E-state index contributed by atoms with van der Waals surface area (Å²) in [5.74, 6) is -0.729. The second kappa shape index (κ2) is 10.5. The van der Waals surface area contributed by atoms with Crippen molar-refractivity contribution >= 4 is 11.9 Å². The molecule has 0 aromatic carbocycles. The third-order valence-electron chi connectivity index (χ3n) is 2.06. The molecule has 0 N–H and O–H groups in total. The van der Waals surface area contributed by atoms with Crippen LogP contribution in [-0.4, -0.2) is 63.9 Å². The van der Waals surface area contributed by atoms with Crippen molar-refractivity contribution in [3.63, 3.8) is 0 Å². The molecular weight excluding hydrogens is 250 g/mol. The average molecular weight is 273 g/mol. The Morgan fingerprint density at radius 1 is 1.05 bits per heavy atom. The van der Waals surface area contributed by atoms with E-state index in [1.807, 2.05) is 19.0 Å². The van der Waals surface area contributed by atoms with Gasteiger partial charge in [0.05, 0.1) is 19.6 Å². The lowest BCUT2D eigenvalue weighted by molar-refractivity contribution is -0.146. The lowest BCUT2D eigenvalue weighted by atomic mass is 10.4. The van der Waals surface area contributed by atoms with Crippen LogP contribution < -0.4 is 0 Å². The number of nitrogens with zero attached hydrogens (tertiary/aromatic N) is 1. The highest BCUT2D eigenvalue weighted by Crippen LogP contribution is 1.93. The summed E-state index contributed by atoms with van der Waals surface area (Å²) in [4.78, 5) is 24.2. The van der Waals surface area contributed by atoms with Crippen LogP contribution in [-0.2, 0) is 23.8 Å². The van der Waals surface area contributed by atoms with Gasteiger partial charge in [-0.25, -0.2) is 4.79 Å². The first-order valence-corrected chi connectivity index (χ1v) is 6.14. The first kappa shape index (κ1) is 17.6. The molecule has 0 radical (unpaired) electrons. The van der Waals surface area contributed by atoms with Gasteiger partial charge < -0.3 is 19.1 Å². The van der Waals surface area contributed by atoms with Gasteiger partial charge in [-0.2, -0.15) is 0 Å². The zero-order valence-electron chi connectivity index (χ0n) is 11.9. The molecule has 0 rings (SSSR count). The smallest absolute Gasteiger partial charge is 0.333 e. The van der Waals surface area contributed by atoms with Crippen LogP contribution in [0.5, 0.6) is 0 Å². The fourth-order valence-electron chi connectivity index (χ4n) is 0.988. The number of likely N-dealkylation sites (N-methyl/N-ethyl adjacent to an activating group) is 1. The summed E-state index contributed by atoms with van der Waals surface area (Å²) in [6.07, 6.45) is 0.196. The van der Waals surface area contributed by atoms with Crippen LogP contribution in [0.15, 0.2) is 12.2 Å². The Bertz CT molecular complexity index is 301. The summed E-state index contributed by atoms with van der Waals surface area (Å²) in [5.41, 5.74) is 0.351. The molecule has 110 valence electrons. The Balaban J connectivity index is 3.37. The molecule has 0 aromatic heterocycles. The molecule has 0 atom stereocenters. The summed E-state index contributed by atoms with van der Waals surface area (Å²) in [6, 6.07) is 0. The van der Waals surface area contributed by atoms with Gasteiger partial charge >= 0.3 is 11.9 Å². The molecule has 0 spiro atoms. The van der Waals surface area contributed by atoms with Crippen LogP contribution in [0, 0.1) is 0 Å². The summed E-state index contributed by atoms with van der Waals surface area (Å²) in [7, 11) is 3.81.